The van der Waals surface area contributed by atoms with Crippen molar-refractivity contribution in [3.63, 3.8) is 0 Å². The minimum Gasteiger partial charge on any atom is -0.496 e. The molecule has 2 rings (SSSR count). The van der Waals surface area contributed by atoms with Gasteiger partial charge in [-0.1, -0.05) is 19.1 Å². The monoisotopic (exact) mass is 362 g/mol. The summed E-state index contributed by atoms with van der Waals surface area (Å²) < 4.78 is 10.2. The molecule has 1 heterocycles. The van der Waals surface area contributed by atoms with E-state index >= 15 is 0 Å². The molecule has 7 heteroatoms. The van der Waals surface area contributed by atoms with Crippen LogP contribution >= 0.6 is 11.3 Å². The van der Waals surface area contributed by atoms with Gasteiger partial charge in [0.1, 0.15) is 10.8 Å². The predicted molar refractivity (Wildman–Crippen MR) is 96.1 cm³/mol. The number of hydrogen-bond acceptors (Lipinski definition) is 6. The van der Waals surface area contributed by atoms with Gasteiger partial charge in [-0.2, -0.15) is 0 Å². The fraction of sp³-hybridized carbons (Fsp3) is 0.389. The lowest BCUT2D eigenvalue weighted by molar-refractivity contribution is 0.0520. The second kappa shape index (κ2) is 9.17. The molecule has 134 valence electrons. The molecule has 1 amide bonds. The van der Waals surface area contributed by atoms with Gasteiger partial charge in [-0.25, -0.2) is 9.78 Å². The lowest BCUT2D eigenvalue weighted by atomic mass is 10.1. The highest BCUT2D eigenvalue weighted by atomic mass is 32.1. The van der Waals surface area contributed by atoms with Gasteiger partial charge < -0.3 is 14.4 Å². The summed E-state index contributed by atoms with van der Waals surface area (Å²) in [7, 11) is 1.54. The number of aromatic nitrogens is 1. The third-order valence-corrected chi connectivity index (χ3v) is 4.31. The van der Waals surface area contributed by atoms with Gasteiger partial charge in [0.15, 0.2) is 5.69 Å². The molecular formula is C18H22N2O4S. The van der Waals surface area contributed by atoms with E-state index in [1.807, 2.05) is 19.1 Å². The molecule has 0 saturated carbocycles. The van der Waals surface area contributed by atoms with Gasteiger partial charge in [0, 0.05) is 11.9 Å². The van der Waals surface area contributed by atoms with Gasteiger partial charge in [-0.05, 0) is 25.5 Å². The molecule has 0 aliphatic heterocycles. The Balaban J connectivity index is 2.18. The maximum absolute atomic E-state index is 12.9. The molecule has 0 saturated heterocycles. The Morgan fingerprint density at radius 3 is 2.68 bits per heavy atom. The van der Waals surface area contributed by atoms with Crippen molar-refractivity contribution in [3.05, 3.63) is 45.9 Å². The molecule has 2 aromatic rings. The van der Waals surface area contributed by atoms with E-state index < -0.39 is 5.97 Å². The van der Waals surface area contributed by atoms with Crippen molar-refractivity contribution < 1.29 is 19.1 Å². The molecule has 0 atom stereocenters. The Hall–Kier alpha value is -2.41. The summed E-state index contributed by atoms with van der Waals surface area (Å²) in [5, 5.41) is 2.35. The molecule has 25 heavy (non-hydrogen) atoms. The molecule has 0 bridgehead atoms. The molecule has 1 aromatic heterocycles. The van der Waals surface area contributed by atoms with Crippen molar-refractivity contribution in [2.75, 3.05) is 20.3 Å². The van der Waals surface area contributed by atoms with Crippen molar-refractivity contribution in [1.82, 2.24) is 9.88 Å². The topological polar surface area (TPSA) is 68.7 Å². The molecule has 0 radical (unpaired) electrons. The number of amides is 1. The first-order valence-corrected chi connectivity index (χ1v) is 9.02. The highest BCUT2D eigenvalue weighted by Gasteiger charge is 2.21. The van der Waals surface area contributed by atoms with E-state index in [0.717, 1.165) is 6.42 Å². The standard InChI is InChI=1S/C18H22N2O4S/c1-4-10-20(17(21)13-8-6-7-9-15(13)23-3)11-16-19-14(12-25-16)18(22)24-5-2/h6-9,12H,4-5,10-11H2,1-3H3. The van der Waals surface area contributed by atoms with Gasteiger partial charge >= 0.3 is 5.97 Å². The average molecular weight is 362 g/mol. The maximum Gasteiger partial charge on any atom is 0.357 e. The number of carbonyl (C=O) groups excluding carboxylic acids is 2. The number of carbonyl (C=O) groups is 2. The van der Waals surface area contributed by atoms with Crippen molar-refractivity contribution in [3.8, 4) is 5.75 Å². The minimum absolute atomic E-state index is 0.118. The largest absolute Gasteiger partial charge is 0.496 e. The second-order valence-electron chi connectivity index (χ2n) is 5.27. The van der Waals surface area contributed by atoms with Crippen molar-refractivity contribution >= 4 is 23.2 Å². The summed E-state index contributed by atoms with van der Waals surface area (Å²) in [5.74, 6) is -0.0183. The van der Waals surface area contributed by atoms with Crippen molar-refractivity contribution in [2.24, 2.45) is 0 Å². The van der Waals surface area contributed by atoms with E-state index in [0.29, 0.717) is 36.0 Å². The number of esters is 1. The van der Waals surface area contributed by atoms with Gasteiger partial charge in [-0.15, -0.1) is 11.3 Å². The van der Waals surface area contributed by atoms with E-state index in [1.165, 1.54) is 11.3 Å². The van der Waals surface area contributed by atoms with Crippen LogP contribution in [0.2, 0.25) is 0 Å². The number of rotatable bonds is 8. The Kier molecular flexibility index (Phi) is 6.94. The summed E-state index contributed by atoms with van der Waals surface area (Å²) in [4.78, 5) is 30.6. The van der Waals surface area contributed by atoms with E-state index in [9.17, 15) is 9.59 Å². The number of methoxy groups -OCH3 is 1. The number of ether oxygens (including phenoxy) is 2. The summed E-state index contributed by atoms with van der Waals surface area (Å²) in [6, 6.07) is 7.14. The van der Waals surface area contributed by atoms with E-state index in [4.69, 9.17) is 9.47 Å². The quantitative estimate of drug-likeness (QED) is 0.674. The number of nitrogens with zero attached hydrogens (tertiary/aromatic N) is 2. The second-order valence-corrected chi connectivity index (χ2v) is 6.22. The van der Waals surface area contributed by atoms with E-state index in [-0.39, 0.29) is 11.6 Å². The maximum atomic E-state index is 12.9. The Morgan fingerprint density at radius 1 is 1.24 bits per heavy atom. The smallest absolute Gasteiger partial charge is 0.357 e. The van der Waals surface area contributed by atoms with Crippen LogP contribution in [0.4, 0.5) is 0 Å². The third-order valence-electron chi connectivity index (χ3n) is 3.48. The average Bonchev–Trinajstić information content (AvgIpc) is 3.09. The van der Waals surface area contributed by atoms with Crippen LogP contribution in [-0.4, -0.2) is 42.0 Å². The van der Waals surface area contributed by atoms with Crippen LogP contribution < -0.4 is 4.74 Å². The van der Waals surface area contributed by atoms with Gasteiger partial charge in [-0.3, -0.25) is 4.79 Å². The summed E-state index contributed by atoms with van der Waals surface area (Å²) in [6.45, 7) is 4.99. The summed E-state index contributed by atoms with van der Waals surface area (Å²) in [5.41, 5.74) is 0.795. The first kappa shape index (κ1) is 18.9. The number of para-hydroxylation sites is 1. The molecule has 0 N–H and O–H groups in total. The van der Waals surface area contributed by atoms with Crippen LogP contribution in [0.1, 0.15) is 46.1 Å². The zero-order valence-corrected chi connectivity index (χ0v) is 15.5. The van der Waals surface area contributed by atoms with Gasteiger partial charge in [0.25, 0.3) is 5.91 Å². The highest BCUT2D eigenvalue weighted by molar-refractivity contribution is 7.09. The third kappa shape index (κ3) is 4.79. The van der Waals surface area contributed by atoms with Crippen LogP contribution in [-0.2, 0) is 11.3 Å². The first-order valence-electron chi connectivity index (χ1n) is 8.14. The van der Waals surface area contributed by atoms with Gasteiger partial charge in [0.05, 0.1) is 25.8 Å². The zero-order chi connectivity index (χ0) is 18.2. The fourth-order valence-electron chi connectivity index (χ4n) is 2.36. The predicted octanol–water partition coefficient (Wildman–Crippen LogP) is 3.38. The van der Waals surface area contributed by atoms with Crippen molar-refractivity contribution in [1.29, 1.82) is 0 Å². The molecule has 6 nitrogen and oxygen atoms in total. The SMILES string of the molecule is CCCN(Cc1nc(C(=O)OCC)cs1)C(=O)c1ccccc1OC. The summed E-state index contributed by atoms with van der Waals surface area (Å²) >= 11 is 1.34. The minimum atomic E-state index is -0.442. The zero-order valence-electron chi connectivity index (χ0n) is 14.7. The van der Waals surface area contributed by atoms with Crippen LogP contribution in [0.25, 0.3) is 0 Å². The number of thiazole rings is 1. The molecular weight excluding hydrogens is 340 g/mol. The molecule has 0 aliphatic carbocycles. The van der Waals surface area contributed by atoms with Crippen LogP contribution in [0.5, 0.6) is 5.75 Å². The lowest BCUT2D eigenvalue weighted by Gasteiger charge is -2.22. The summed E-state index contributed by atoms with van der Waals surface area (Å²) in [6.07, 6.45) is 0.816. The van der Waals surface area contributed by atoms with Crippen LogP contribution in [0.3, 0.4) is 0 Å². The normalized spacial score (nSPS) is 10.4. The van der Waals surface area contributed by atoms with Crippen molar-refractivity contribution in [2.45, 2.75) is 26.8 Å². The lowest BCUT2D eigenvalue weighted by Crippen LogP contribution is -2.31. The Morgan fingerprint density at radius 2 is 2.00 bits per heavy atom. The number of benzene rings is 1. The first-order chi connectivity index (χ1) is 12.1. The highest BCUT2D eigenvalue weighted by Crippen LogP contribution is 2.21. The molecule has 0 fully saturated rings. The Bertz CT molecular complexity index is 729. The van der Waals surface area contributed by atoms with Gasteiger partial charge in [0.2, 0.25) is 0 Å². The molecule has 1 aromatic carbocycles. The molecule has 0 unspecified atom stereocenters. The van der Waals surface area contributed by atoms with E-state index in [1.54, 1.807) is 36.4 Å². The molecule has 0 aliphatic rings. The Labute approximate surface area is 151 Å². The number of hydrogen-bond donors (Lipinski definition) is 0. The van der Waals surface area contributed by atoms with Crippen LogP contribution in [0, 0.1) is 0 Å². The van der Waals surface area contributed by atoms with E-state index in [2.05, 4.69) is 4.98 Å². The van der Waals surface area contributed by atoms with Crippen LogP contribution in [0.15, 0.2) is 29.6 Å². The fourth-order valence-corrected chi connectivity index (χ4v) is 3.14. The molecule has 0 spiro atoms.